The molecule has 0 saturated heterocycles. The first-order chi connectivity index (χ1) is 11.4. The molecule has 1 aliphatic carbocycles. The van der Waals surface area contributed by atoms with Crippen LogP contribution in [-0.2, 0) is 16.6 Å². The fraction of sp³-hybridized carbons (Fsp3) is 0.333. The number of rotatable bonds is 6. The number of sulfonamides is 1. The van der Waals surface area contributed by atoms with Crippen molar-refractivity contribution in [2.75, 3.05) is 5.73 Å². The fourth-order valence-corrected chi connectivity index (χ4v) is 5.61. The third-order valence-electron chi connectivity index (χ3n) is 4.48. The van der Waals surface area contributed by atoms with Crippen molar-refractivity contribution in [2.24, 2.45) is 5.92 Å². The second-order valence-electron chi connectivity index (χ2n) is 6.30. The summed E-state index contributed by atoms with van der Waals surface area (Å²) in [5.41, 5.74) is 7.27. The van der Waals surface area contributed by atoms with Gasteiger partial charge in [-0.05, 0) is 65.4 Å². The number of nitrogens with zero attached hydrogens (tertiary/aromatic N) is 1. The van der Waals surface area contributed by atoms with E-state index in [1.54, 1.807) is 22.5 Å². The second-order valence-corrected chi connectivity index (χ2v) is 9.02. The van der Waals surface area contributed by atoms with E-state index in [4.69, 9.17) is 5.73 Å². The average molecular weight is 409 g/mol. The van der Waals surface area contributed by atoms with Crippen molar-refractivity contribution in [2.45, 2.75) is 37.2 Å². The van der Waals surface area contributed by atoms with E-state index in [-0.39, 0.29) is 10.9 Å². The van der Waals surface area contributed by atoms with Gasteiger partial charge in [0.2, 0.25) is 10.0 Å². The van der Waals surface area contributed by atoms with Crippen molar-refractivity contribution >= 4 is 31.6 Å². The zero-order valence-corrected chi connectivity index (χ0v) is 15.9. The lowest BCUT2D eigenvalue weighted by Gasteiger charge is -2.29. The van der Waals surface area contributed by atoms with Gasteiger partial charge in [0.25, 0.3) is 0 Å². The zero-order valence-electron chi connectivity index (χ0n) is 13.5. The maximum Gasteiger partial charge on any atom is 0.244 e. The van der Waals surface area contributed by atoms with Crippen molar-refractivity contribution in [3.8, 4) is 0 Å². The van der Waals surface area contributed by atoms with Gasteiger partial charge < -0.3 is 5.73 Å². The molecular formula is C18H21BrN2O2S. The first kappa shape index (κ1) is 17.5. The summed E-state index contributed by atoms with van der Waals surface area (Å²) in [7, 11) is -3.62. The molecule has 0 amide bonds. The smallest absolute Gasteiger partial charge is 0.244 e. The molecule has 1 aliphatic rings. The second kappa shape index (κ2) is 6.86. The summed E-state index contributed by atoms with van der Waals surface area (Å²) in [6.45, 7) is 2.38. The van der Waals surface area contributed by atoms with E-state index in [1.807, 2.05) is 37.3 Å². The van der Waals surface area contributed by atoms with Crippen LogP contribution in [0, 0.1) is 5.92 Å². The van der Waals surface area contributed by atoms with Gasteiger partial charge in [-0.15, -0.1) is 0 Å². The number of halogens is 1. The first-order valence-corrected chi connectivity index (χ1v) is 10.2. The molecule has 2 aromatic carbocycles. The van der Waals surface area contributed by atoms with Gasteiger partial charge in [-0.3, -0.25) is 0 Å². The summed E-state index contributed by atoms with van der Waals surface area (Å²) in [6, 6.07) is 14.5. The topological polar surface area (TPSA) is 63.4 Å². The molecule has 1 unspecified atom stereocenters. The molecule has 6 heteroatoms. The monoisotopic (exact) mass is 408 g/mol. The van der Waals surface area contributed by atoms with Crippen LogP contribution in [0.25, 0.3) is 0 Å². The number of benzene rings is 2. The van der Waals surface area contributed by atoms with Gasteiger partial charge in [-0.25, -0.2) is 8.42 Å². The lowest BCUT2D eigenvalue weighted by atomic mass is 10.2. The van der Waals surface area contributed by atoms with Gasteiger partial charge in [0, 0.05) is 22.7 Å². The van der Waals surface area contributed by atoms with Crippen LogP contribution in [0.3, 0.4) is 0 Å². The summed E-state index contributed by atoms with van der Waals surface area (Å²) >= 11 is 3.35. The Balaban J connectivity index is 1.99. The van der Waals surface area contributed by atoms with Gasteiger partial charge in [0.15, 0.2) is 0 Å². The quantitative estimate of drug-likeness (QED) is 0.733. The van der Waals surface area contributed by atoms with Crippen LogP contribution in [0.1, 0.15) is 25.3 Å². The Kier molecular flexibility index (Phi) is 4.99. The molecule has 0 heterocycles. The Morgan fingerprint density at radius 2 is 1.88 bits per heavy atom. The van der Waals surface area contributed by atoms with Crippen LogP contribution in [0.4, 0.5) is 5.69 Å². The van der Waals surface area contributed by atoms with Crippen molar-refractivity contribution in [1.82, 2.24) is 4.31 Å². The van der Waals surface area contributed by atoms with Crippen LogP contribution in [0.5, 0.6) is 0 Å². The van der Waals surface area contributed by atoms with E-state index in [9.17, 15) is 8.42 Å². The lowest BCUT2D eigenvalue weighted by molar-refractivity contribution is 0.303. The highest BCUT2D eigenvalue weighted by atomic mass is 79.9. The molecule has 0 bridgehead atoms. The minimum Gasteiger partial charge on any atom is -0.399 e. The first-order valence-electron chi connectivity index (χ1n) is 8.00. The molecule has 2 aromatic rings. The highest BCUT2D eigenvalue weighted by Crippen LogP contribution is 2.39. The van der Waals surface area contributed by atoms with Gasteiger partial charge in [0.1, 0.15) is 0 Å². The number of nitrogen functional groups attached to an aromatic ring is 1. The predicted octanol–water partition coefficient (Wildman–Crippen LogP) is 4.02. The normalized spacial score (nSPS) is 16.3. The van der Waals surface area contributed by atoms with E-state index < -0.39 is 10.0 Å². The Morgan fingerprint density at radius 1 is 1.21 bits per heavy atom. The molecule has 2 N–H and O–H groups in total. The Bertz CT molecular complexity index is 820. The largest absolute Gasteiger partial charge is 0.399 e. The molecule has 1 saturated carbocycles. The Morgan fingerprint density at radius 3 is 2.46 bits per heavy atom. The van der Waals surface area contributed by atoms with E-state index in [2.05, 4.69) is 15.9 Å². The van der Waals surface area contributed by atoms with E-state index >= 15 is 0 Å². The number of anilines is 1. The maximum atomic E-state index is 13.3. The molecule has 1 atom stereocenters. The van der Waals surface area contributed by atoms with Crippen molar-refractivity contribution in [1.29, 1.82) is 0 Å². The highest BCUT2D eigenvalue weighted by molar-refractivity contribution is 9.10. The number of nitrogens with two attached hydrogens (primary N) is 1. The molecular weight excluding hydrogens is 388 g/mol. The molecule has 3 rings (SSSR count). The molecule has 0 spiro atoms. The van der Waals surface area contributed by atoms with Crippen LogP contribution < -0.4 is 5.73 Å². The maximum absolute atomic E-state index is 13.3. The Hall–Kier alpha value is -1.37. The summed E-state index contributed by atoms with van der Waals surface area (Å²) in [5, 5.41) is 0. The average Bonchev–Trinajstić information content (AvgIpc) is 3.37. The van der Waals surface area contributed by atoms with Gasteiger partial charge in [-0.1, -0.05) is 30.3 Å². The van der Waals surface area contributed by atoms with E-state index in [0.717, 1.165) is 18.4 Å². The fourth-order valence-electron chi connectivity index (χ4n) is 2.88. The van der Waals surface area contributed by atoms with Crippen LogP contribution in [0.2, 0.25) is 0 Å². The highest BCUT2D eigenvalue weighted by Gasteiger charge is 2.38. The summed E-state index contributed by atoms with van der Waals surface area (Å²) in [6.07, 6.45) is 2.18. The number of hydrogen-bond acceptors (Lipinski definition) is 3. The molecule has 128 valence electrons. The van der Waals surface area contributed by atoms with Crippen molar-refractivity contribution in [3.05, 3.63) is 58.6 Å². The third-order valence-corrected chi connectivity index (χ3v) is 7.39. The Labute approximate surface area is 151 Å². The summed E-state index contributed by atoms with van der Waals surface area (Å²) in [5.74, 6) is 0.441. The molecule has 0 aliphatic heterocycles. The summed E-state index contributed by atoms with van der Waals surface area (Å²) < 4.78 is 28.7. The molecule has 0 radical (unpaired) electrons. The van der Waals surface area contributed by atoms with Gasteiger partial charge in [0.05, 0.1) is 4.90 Å². The van der Waals surface area contributed by atoms with Gasteiger partial charge >= 0.3 is 0 Å². The predicted molar refractivity (Wildman–Crippen MR) is 99.9 cm³/mol. The van der Waals surface area contributed by atoms with Crippen LogP contribution in [-0.4, -0.2) is 18.8 Å². The van der Waals surface area contributed by atoms with E-state index in [1.165, 1.54) is 0 Å². The zero-order chi connectivity index (χ0) is 17.3. The molecule has 4 nitrogen and oxygen atoms in total. The van der Waals surface area contributed by atoms with Crippen molar-refractivity contribution in [3.63, 3.8) is 0 Å². The number of hydrogen-bond donors (Lipinski definition) is 1. The standard InChI is InChI=1S/C18H21BrN2O2S/c1-13(15-7-8-15)21(12-14-5-3-2-4-6-14)24(22,23)18-10-9-16(20)11-17(18)19/h2-6,9-11,13,15H,7-8,12,20H2,1H3. The third kappa shape index (κ3) is 3.66. The lowest BCUT2D eigenvalue weighted by Crippen LogP contribution is -2.39. The van der Waals surface area contributed by atoms with Gasteiger partial charge in [-0.2, -0.15) is 4.31 Å². The van der Waals surface area contributed by atoms with E-state index in [0.29, 0.717) is 22.6 Å². The van der Waals surface area contributed by atoms with Crippen molar-refractivity contribution < 1.29 is 8.42 Å². The minimum atomic E-state index is -3.62. The summed E-state index contributed by atoms with van der Waals surface area (Å²) in [4.78, 5) is 0.264. The van der Waals surface area contributed by atoms with Crippen LogP contribution >= 0.6 is 15.9 Å². The molecule has 24 heavy (non-hydrogen) atoms. The van der Waals surface area contributed by atoms with Crippen LogP contribution in [0.15, 0.2) is 57.9 Å². The molecule has 0 aromatic heterocycles. The minimum absolute atomic E-state index is 0.0281. The SMILES string of the molecule is CC(C1CC1)N(Cc1ccccc1)S(=O)(=O)c1ccc(N)cc1Br. The molecule has 1 fully saturated rings.